The summed E-state index contributed by atoms with van der Waals surface area (Å²) in [5, 5.41) is 8.37. The zero-order chi connectivity index (χ0) is 11.1. The second-order valence-corrected chi connectivity index (χ2v) is 3.01. The molecule has 0 fully saturated rings. The molecule has 0 aliphatic carbocycles. The van der Waals surface area contributed by atoms with E-state index in [2.05, 4.69) is 6.92 Å². The summed E-state index contributed by atoms with van der Waals surface area (Å²) >= 11 is 0. The fraction of sp³-hybridized carbons (Fsp3) is 0.250. The van der Waals surface area contributed by atoms with Crippen molar-refractivity contribution in [2.45, 2.75) is 13.3 Å². The lowest BCUT2D eigenvalue weighted by Gasteiger charge is -2.07. The summed E-state index contributed by atoms with van der Waals surface area (Å²) in [7, 11) is 0. The maximum absolute atomic E-state index is 10.2. The van der Waals surface area contributed by atoms with E-state index in [0.29, 0.717) is 0 Å². The molecule has 0 aliphatic rings. The number of benzene rings is 1. The number of para-hydroxylation sites is 1. The summed E-state index contributed by atoms with van der Waals surface area (Å²) in [4.78, 5) is 10.2. The van der Waals surface area contributed by atoms with Gasteiger partial charge >= 0.3 is 5.97 Å². The molecule has 1 aromatic rings. The van der Waals surface area contributed by atoms with Crippen LogP contribution in [-0.4, -0.2) is 17.7 Å². The number of carboxylic acids is 1. The average molecular weight is 206 g/mol. The largest absolute Gasteiger partial charge is 0.489 e. The third-order valence-electron chi connectivity index (χ3n) is 1.95. The molecule has 0 spiro atoms. The van der Waals surface area contributed by atoms with Crippen molar-refractivity contribution < 1.29 is 14.6 Å². The SMILES string of the molecule is CCc1ccccc1OCC=CC(=O)O. The maximum atomic E-state index is 10.2. The van der Waals surface area contributed by atoms with Gasteiger partial charge in [0.1, 0.15) is 12.4 Å². The Morgan fingerprint density at radius 3 is 2.87 bits per heavy atom. The van der Waals surface area contributed by atoms with Gasteiger partial charge in [-0.3, -0.25) is 0 Å². The van der Waals surface area contributed by atoms with Gasteiger partial charge in [0.2, 0.25) is 0 Å². The first kappa shape index (κ1) is 11.3. The number of aliphatic carboxylic acids is 1. The first-order valence-corrected chi connectivity index (χ1v) is 4.84. The topological polar surface area (TPSA) is 46.5 Å². The molecule has 3 heteroatoms. The van der Waals surface area contributed by atoms with Crippen molar-refractivity contribution in [2.24, 2.45) is 0 Å². The van der Waals surface area contributed by atoms with Crippen molar-refractivity contribution in [2.75, 3.05) is 6.61 Å². The molecule has 0 bridgehead atoms. The molecular formula is C12H14O3. The second-order valence-electron chi connectivity index (χ2n) is 3.01. The highest BCUT2D eigenvalue weighted by Crippen LogP contribution is 2.17. The van der Waals surface area contributed by atoms with Gasteiger partial charge in [0.15, 0.2) is 0 Å². The van der Waals surface area contributed by atoms with Crippen LogP contribution in [0.5, 0.6) is 5.75 Å². The molecule has 0 amide bonds. The van der Waals surface area contributed by atoms with Gasteiger partial charge < -0.3 is 9.84 Å². The van der Waals surface area contributed by atoms with Crippen LogP contribution in [0.25, 0.3) is 0 Å². The van der Waals surface area contributed by atoms with Crippen LogP contribution in [0.4, 0.5) is 0 Å². The van der Waals surface area contributed by atoms with E-state index in [0.717, 1.165) is 23.8 Å². The monoisotopic (exact) mass is 206 g/mol. The van der Waals surface area contributed by atoms with Crippen molar-refractivity contribution in [3.63, 3.8) is 0 Å². The Kier molecular flexibility index (Phi) is 4.41. The molecule has 0 radical (unpaired) electrons. The van der Waals surface area contributed by atoms with E-state index >= 15 is 0 Å². The van der Waals surface area contributed by atoms with Crippen molar-refractivity contribution in [3.8, 4) is 5.75 Å². The first-order chi connectivity index (χ1) is 7.24. The molecule has 0 saturated carbocycles. The van der Waals surface area contributed by atoms with Gasteiger partial charge in [0.05, 0.1) is 0 Å². The van der Waals surface area contributed by atoms with E-state index in [9.17, 15) is 4.79 Å². The third kappa shape index (κ3) is 3.85. The van der Waals surface area contributed by atoms with Crippen LogP contribution < -0.4 is 4.74 Å². The first-order valence-electron chi connectivity index (χ1n) is 4.84. The minimum atomic E-state index is -0.956. The fourth-order valence-corrected chi connectivity index (χ4v) is 1.22. The van der Waals surface area contributed by atoms with Crippen LogP contribution in [0, 0.1) is 0 Å². The summed E-state index contributed by atoms with van der Waals surface area (Å²) in [6.45, 7) is 2.33. The van der Waals surface area contributed by atoms with Gasteiger partial charge in [-0.2, -0.15) is 0 Å². The molecule has 1 N–H and O–H groups in total. The van der Waals surface area contributed by atoms with Crippen molar-refractivity contribution in [1.82, 2.24) is 0 Å². The average Bonchev–Trinajstić information content (AvgIpc) is 2.24. The lowest BCUT2D eigenvalue weighted by Crippen LogP contribution is -1.98. The van der Waals surface area contributed by atoms with Gasteiger partial charge in [0, 0.05) is 6.08 Å². The van der Waals surface area contributed by atoms with E-state index in [1.807, 2.05) is 24.3 Å². The molecule has 0 saturated heterocycles. The van der Waals surface area contributed by atoms with E-state index < -0.39 is 5.97 Å². The molecule has 1 rings (SSSR count). The number of hydrogen-bond acceptors (Lipinski definition) is 2. The summed E-state index contributed by atoms with van der Waals surface area (Å²) < 4.78 is 5.43. The zero-order valence-corrected chi connectivity index (χ0v) is 8.64. The summed E-state index contributed by atoms with van der Waals surface area (Å²) in [6, 6.07) is 7.73. The molecule has 0 atom stereocenters. The smallest absolute Gasteiger partial charge is 0.328 e. The van der Waals surface area contributed by atoms with E-state index in [1.54, 1.807) is 0 Å². The summed E-state index contributed by atoms with van der Waals surface area (Å²) in [5.74, 6) is -0.141. The number of ether oxygens (including phenoxy) is 1. The Hall–Kier alpha value is -1.77. The Morgan fingerprint density at radius 1 is 1.47 bits per heavy atom. The minimum Gasteiger partial charge on any atom is -0.489 e. The standard InChI is InChI=1S/C12H14O3/c1-2-10-6-3-4-7-11(10)15-9-5-8-12(13)14/h3-8H,2,9H2,1H3,(H,13,14). The zero-order valence-electron chi connectivity index (χ0n) is 8.64. The molecular weight excluding hydrogens is 192 g/mol. The van der Waals surface area contributed by atoms with Crippen molar-refractivity contribution in [3.05, 3.63) is 42.0 Å². The Labute approximate surface area is 89.0 Å². The molecule has 15 heavy (non-hydrogen) atoms. The number of aryl methyl sites for hydroxylation is 1. The quantitative estimate of drug-likeness (QED) is 0.752. The molecule has 0 aliphatic heterocycles. The molecule has 1 aromatic carbocycles. The lowest BCUT2D eigenvalue weighted by molar-refractivity contribution is -0.131. The van der Waals surface area contributed by atoms with Crippen LogP contribution in [0.2, 0.25) is 0 Å². The number of carboxylic acid groups (broad SMARTS) is 1. The molecule has 3 nitrogen and oxygen atoms in total. The van der Waals surface area contributed by atoms with Crippen LogP contribution in [0.15, 0.2) is 36.4 Å². The molecule has 0 aromatic heterocycles. The highest BCUT2D eigenvalue weighted by molar-refractivity contribution is 5.79. The van der Waals surface area contributed by atoms with E-state index in [-0.39, 0.29) is 6.61 Å². The van der Waals surface area contributed by atoms with Gasteiger partial charge in [-0.25, -0.2) is 4.79 Å². The van der Waals surface area contributed by atoms with E-state index in [4.69, 9.17) is 9.84 Å². The Balaban J connectivity index is 2.53. The van der Waals surface area contributed by atoms with Crippen LogP contribution >= 0.6 is 0 Å². The molecule has 80 valence electrons. The van der Waals surface area contributed by atoms with Crippen molar-refractivity contribution in [1.29, 1.82) is 0 Å². The number of rotatable bonds is 5. The number of carbonyl (C=O) groups is 1. The lowest BCUT2D eigenvalue weighted by atomic mass is 10.1. The molecule has 0 unspecified atom stereocenters. The summed E-state index contributed by atoms with van der Waals surface area (Å²) in [5.41, 5.74) is 1.13. The van der Waals surface area contributed by atoms with E-state index in [1.165, 1.54) is 6.08 Å². The highest BCUT2D eigenvalue weighted by atomic mass is 16.5. The van der Waals surface area contributed by atoms with Crippen molar-refractivity contribution >= 4 is 5.97 Å². The Morgan fingerprint density at radius 2 is 2.20 bits per heavy atom. The minimum absolute atomic E-state index is 0.281. The maximum Gasteiger partial charge on any atom is 0.328 e. The van der Waals surface area contributed by atoms with Crippen LogP contribution in [0.1, 0.15) is 12.5 Å². The predicted molar refractivity (Wildman–Crippen MR) is 58.1 cm³/mol. The van der Waals surface area contributed by atoms with Crippen LogP contribution in [0.3, 0.4) is 0 Å². The second kappa shape index (κ2) is 5.86. The summed E-state index contributed by atoms with van der Waals surface area (Å²) in [6.07, 6.45) is 3.46. The predicted octanol–water partition coefficient (Wildman–Crippen LogP) is 2.27. The van der Waals surface area contributed by atoms with Gasteiger partial charge in [-0.05, 0) is 24.1 Å². The number of hydrogen-bond donors (Lipinski definition) is 1. The highest BCUT2D eigenvalue weighted by Gasteiger charge is 1.98. The van der Waals surface area contributed by atoms with Gasteiger partial charge in [-0.1, -0.05) is 25.1 Å². The Bertz CT molecular complexity index is 356. The van der Waals surface area contributed by atoms with Crippen LogP contribution in [-0.2, 0) is 11.2 Å². The normalized spacial score (nSPS) is 10.5. The van der Waals surface area contributed by atoms with Gasteiger partial charge in [0.25, 0.3) is 0 Å². The fourth-order valence-electron chi connectivity index (χ4n) is 1.22. The third-order valence-corrected chi connectivity index (χ3v) is 1.95. The molecule has 0 heterocycles. The van der Waals surface area contributed by atoms with Gasteiger partial charge in [-0.15, -0.1) is 0 Å².